The number of amides is 1. The van der Waals surface area contributed by atoms with Crippen LogP contribution < -0.4 is 15.4 Å². The number of hydrogen-bond acceptors (Lipinski definition) is 4. The number of ether oxygens (including phenoxy) is 1. The molecule has 1 aliphatic heterocycles. The Morgan fingerprint density at radius 1 is 1.22 bits per heavy atom. The third-order valence-corrected chi connectivity index (χ3v) is 4.84. The van der Waals surface area contributed by atoms with Crippen molar-refractivity contribution in [3.8, 4) is 5.75 Å². The first kappa shape index (κ1) is 15.7. The Morgan fingerprint density at radius 2 is 2.09 bits per heavy atom. The van der Waals surface area contributed by atoms with E-state index in [1.54, 1.807) is 0 Å². The van der Waals surface area contributed by atoms with Gasteiger partial charge in [-0.1, -0.05) is 24.3 Å². The maximum atomic E-state index is 10.8. The zero-order valence-electron chi connectivity index (χ0n) is 12.9. The highest BCUT2D eigenvalue weighted by atomic mass is 32.2. The van der Waals surface area contributed by atoms with Gasteiger partial charge in [0, 0.05) is 18.0 Å². The first-order valence-electron chi connectivity index (χ1n) is 7.69. The molecule has 0 fully saturated rings. The molecule has 5 heteroatoms. The lowest BCUT2D eigenvalue weighted by Crippen LogP contribution is -2.23. The van der Waals surface area contributed by atoms with Crippen LogP contribution in [0.3, 0.4) is 0 Å². The Bertz CT molecular complexity index is 690. The molecular formula is C18H20N2O2S. The van der Waals surface area contributed by atoms with Crippen molar-refractivity contribution in [2.24, 2.45) is 5.73 Å². The van der Waals surface area contributed by atoms with Crippen molar-refractivity contribution < 1.29 is 9.53 Å². The van der Waals surface area contributed by atoms with Gasteiger partial charge in [0.15, 0.2) is 6.61 Å². The minimum absolute atomic E-state index is 0.0906. The maximum absolute atomic E-state index is 10.8. The fraction of sp³-hybridized carbons (Fsp3) is 0.278. The third kappa shape index (κ3) is 4.20. The first-order chi connectivity index (χ1) is 11.2. The number of anilines is 1. The fourth-order valence-electron chi connectivity index (χ4n) is 2.67. The Kier molecular flexibility index (Phi) is 5.08. The summed E-state index contributed by atoms with van der Waals surface area (Å²) in [5.41, 5.74) is 7.57. The van der Waals surface area contributed by atoms with Crippen molar-refractivity contribution in [3.63, 3.8) is 0 Å². The molecule has 0 spiro atoms. The van der Waals surface area contributed by atoms with Crippen molar-refractivity contribution in [2.75, 3.05) is 23.8 Å². The van der Waals surface area contributed by atoms with Crippen LogP contribution in [0.4, 0.5) is 5.69 Å². The van der Waals surface area contributed by atoms with Crippen molar-refractivity contribution in [2.45, 2.75) is 17.9 Å². The molecule has 0 bridgehead atoms. The van der Waals surface area contributed by atoms with Crippen molar-refractivity contribution >= 4 is 23.4 Å². The molecule has 0 aliphatic carbocycles. The van der Waals surface area contributed by atoms with Gasteiger partial charge in [-0.05, 0) is 42.0 Å². The largest absolute Gasteiger partial charge is 0.484 e. The molecule has 0 atom stereocenters. The molecule has 0 unspecified atom stereocenters. The summed E-state index contributed by atoms with van der Waals surface area (Å²) in [6, 6.07) is 16.4. The zero-order chi connectivity index (χ0) is 16.1. The van der Waals surface area contributed by atoms with Crippen LogP contribution in [-0.2, 0) is 11.3 Å². The monoisotopic (exact) mass is 328 g/mol. The van der Waals surface area contributed by atoms with Gasteiger partial charge in [-0.3, -0.25) is 4.79 Å². The molecule has 0 saturated carbocycles. The molecule has 1 amide bonds. The highest BCUT2D eigenvalue weighted by Crippen LogP contribution is 2.34. The third-order valence-electron chi connectivity index (χ3n) is 3.69. The lowest BCUT2D eigenvalue weighted by atomic mass is 10.1. The van der Waals surface area contributed by atoms with Gasteiger partial charge in [0.2, 0.25) is 0 Å². The van der Waals surface area contributed by atoms with E-state index in [0.29, 0.717) is 5.75 Å². The van der Waals surface area contributed by atoms with Crippen molar-refractivity contribution in [1.82, 2.24) is 0 Å². The highest BCUT2D eigenvalue weighted by Gasteiger charge is 2.15. The zero-order valence-corrected chi connectivity index (χ0v) is 13.7. The highest BCUT2D eigenvalue weighted by molar-refractivity contribution is 7.99. The predicted octanol–water partition coefficient (Wildman–Crippen LogP) is 3.05. The van der Waals surface area contributed by atoms with E-state index < -0.39 is 5.91 Å². The minimum atomic E-state index is -0.464. The van der Waals surface area contributed by atoms with Crippen LogP contribution in [0.1, 0.15) is 12.0 Å². The normalized spacial score (nSPS) is 14.0. The van der Waals surface area contributed by atoms with E-state index in [1.807, 2.05) is 30.0 Å². The van der Waals surface area contributed by atoms with Crippen LogP contribution in [0.5, 0.6) is 5.75 Å². The van der Waals surface area contributed by atoms with Gasteiger partial charge in [0.25, 0.3) is 5.91 Å². The Labute approximate surface area is 140 Å². The summed E-state index contributed by atoms with van der Waals surface area (Å²) in [6.07, 6.45) is 1.16. The number of carbonyl (C=O) groups excluding carboxylic acids is 1. The molecule has 23 heavy (non-hydrogen) atoms. The Hall–Kier alpha value is -2.14. The van der Waals surface area contributed by atoms with Gasteiger partial charge in [0.05, 0.1) is 5.69 Å². The SMILES string of the molecule is NC(=O)COc1cccc(CN2CCCSc3ccccc32)c1. The van der Waals surface area contributed by atoms with Gasteiger partial charge < -0.3 is 15.4 Å². The van der Waals surface area contributed by atoms with Crippen LogP contribution in [0.25, 0.3) is 0 Å². The Morgan fingerprint density at radius 3 is 2.96 bits per heavy atom. The molecule has 0 radical (unpaired) electrons. The number of carbonyl (C=O) groups is 1. The molecule has 0 saturated heterocycles. The van der Waals surface area contributed by atoms with Gasteiger partial charge in [0.1, 0.15) is 5.75 Å². The number of primary amides is 1. The standard InChI is InChI=1S/C18H20N2O2S/c19-18(21)13-22-15-6-3-5-14(11-15)12-20-9-4-10-23-17-8-2-1-7-16(17)20/h1-3,5-8,11H,4,9-10,12-13H2,(H2,19,21). The van der Waals surface area contributed by atoms with E-state index in [1.165, 1.54) is 10.6 Å². The summed E-state index contributed by atoms with van der Waals surface area (Å²) >= 11 is 1.92. The number of benzene rings is 2. The summed E-state index contributed by atoms with van der Waals surface area (Å²) in [4.78, 5) is 14.6. The average Bonchev–Trinajstić information content (AvgIpc) is 2.76. The van der Waals surface area contributed by atoms with E-state index in [0.717, 1.165) is 30.8 Å². The van der Waals surface area contributed by atoms with Gasteiger partial charge in [-0.25, -0.2) is 0 Å². The second-order valence-electron chi connectivity index (χ2n) is 5.49. The first-order valence-corrected chi connectivity index (χ1v) is 8.68. The molecule has 3 rings (SSSR count). The van der Waals surface area contributed by atoms with E-state index >= 15 is 0 Å². The average molecular weight is 328 g/mol. The fourth-order valence-corrected chi connectivity index (χ4v) is 3.68. The lowest BCUT2D eigenvalue weighted by Gasteiger charge is -2.24. The molecule has 2 aromatic rings. The lowest BCUT2D eigenvalue weighted by molar-refractivity contribution is -0.119. The van der Waals surface area contributed by atoms with Gasteiger partial charge in [-0.2, -0.15) is 0 Å². The number of thioether (sulfide) groups is 1. The van der Waals surface area contributed by atoms with Crippen LogP contribution in [0.2, 0.25) is 0 Å². The second kappa shape index (κ2) is 7.42. The van der Waals surface area contributed by atoms with E-state index in [4.69, 9.17) is 10.5 Å². The van der Waals surface area contributed by atoms with E-state index in [-0.39, 0.29) is 6.61 Å². The van der Waals surface area contributed by atoms with Crippen molar-refractivity contribution in [3.05, 3.63) is 54.1 Å². The number of nitrogens with two attached hydrogens (primary N) is 1. The molecule has 1 aliphatic rings. The van der Waals surface area contributed by atoms with Crippen LogP contribution in [0, 0.1) is 0 Å². The quantitative estimate of drug-likeness (QED) is 0.916. The minimum Gasteiger partial charge on any atom is -0.484 e. The molecule has 1 heterocycles. The number of hydrogen-bond donors (Lipinski definition) is 1. The topological polar surface area (TPSA) is 55.6 Å². The molecule has 2 N–H and O–H groups in total. The van der Waals surface area contributed by atoms with Crippen LogP contribution in [0.15, 0.2) is 53.4 Å². The molecule has 4 nitrogen and oxygen atoms in total. The number of rotatable bonds is 5. The Balaban J connectivity index is 1.76. The van der Waals surface area contributed by atoms with E-state index in [2.05, 4.69) is 35.2 Å². The molecule has 0 aromatic heterocycles. The molecule has 120 valence electrons. The summed E-state index contributed by atoms with van der Waals surface area (Å²) < 4.78 is 5.39. The van der Waals surface area contributed by atoms with E-state index in [9.17, 15) is 4.79 Å². The maximum Gasteiger partial charge on any atom is 0.255 e. The van der Waals surface area contributed by atoms with Crippen LogP contribution >= 0.6 is 11.8 Å². The van der Waals surface area contributed by atoms with Crippen LogP contribution in [-0.4, -0.2) is 24.8 Å². The predicted molar refractivity (Wildman–Crippen MR) is 94.0 cm³/mol. The van der Waals surface area contributed by atoms with Gasteiger partial charge >= 0.3 is 0 Å². The summed E-state index contributed by atoms with van der Waals surface area (Å²) in [5.74, 6) is 1.36. The summed E-state index contributed by atoms with van der Waals surface area (Å²) in [5, 5.41) is 0. The molecular weight excluding hydrogens is 308 g/mol. The summed E-state index contributed by atoms with van der Waals surface area (Å²) in [6.45, 7) is 1.77. The number of para-hydroxylation sites is 1. The summed E-state index contributed by atoms with van der Waals surface area (Å²) in [7, 11) is 0. The van der Waals surface area contributed by atoms with Gasteiger partial charge in [-0.15, -0.1) is 11.8 Å². The smallest absolute Gasteiger partial charge is 0.255 e. The van der Waals surface area contributed by atoms with Crippen molar-refractivity contribution in [1.29, 1.82) is 0 Å². The molecule has 2 aromatic carbocycles. The number of nitrogens with zero attached hydrogens (tertiary/aromatic N) is 1. The second-order valence-corrected chi connectivity index (χ2v) is 6.63. The number of fused-ring (bicyclic) bond motifs is 1.